The van der Waals surface area contributed by atoms with E-state index in [-0.39, 0.29) is 11.3 Å². The van der Waals surface area contributed by atoms with Gasteiger partial charge in [-0.25, -0.2) is 4.98 Å². The minimum atomic E-state index is -0.0744. The van der Waals surface area contributed by atoms with Crippen molar-refractivity contribution in [2.45, 2.75) is 31.1 Å². The predicted molar refractivity (Wildman–Crippen MR) is 155 cm³/mol. The van der Waals surface area contributed by atoms with E-state index >= 15 is 0 Å². The fourth-order valence-corrected chi connectivity index (χ4v) is 6.70. The molecule has 0 aliphatic carbocycles. The first-order valence-electron chi connectivity index (χ1n) is 12.8. The fraction of sp³-hybridized carbons (Fsp3) is 0.310. The van der Waals surface area contributed by atoms with E-state index < -0.39 is 0 Å². The smallest absolute Gasteiger partial charge is 0.227 e. The molecule has 9 heteroatoms. The molecule has 0 atom stereocenters. The molecule has 1 amide bonds. The summed E-state index contributed by atoms with van der Waals surface area (Å²) in [6, 6.07) is 9.91. The highest BCUT2D eigenvalue weighted by molar-refractivity contribution is 7.16. The van der Waals surface area contributed by atoms with Crippen LogP contribution in [0.2, 0.25) is 10.0 Å². The van der Waals surface area contributed by atoms with Gasteiger partial charge in [0.25, 0.3) is 0 Å². The number of likely N-dealkylation sites (tertiary alicyclic amines) is 1. The van der Waals surface area contributed by atoms with Gasteiger partial charge in [0.1, 0.15) is 0 Å². The second-order valence-electron chi connectivity index (χ2n) is 9.99. The minimum Gasteiger partial charge on any atom is -0.311 e. The molecule has 4 aromatic rings. The largest absolute Gasteiger partial charge is 0.311 e. The predicted octanol–water partition coefficient (Wildman–Crippen LogP) is 6.42. The second-order valence-corrected chi connectivity index (χ2v) is 11.7. The van der Waals surface area contributed by atoms with Crippen LogP contribution in [0.15, 0.2) is 60.5 Å². The molecule has 6 nitrogen and oxygen atoms in total. The first-order valence-corrected chi connectivity index (χ1v) is 14.4. The number of rotatable bonds is 6. The Morgan fingerprint density at radius 3 is 2.74 bits per heavy atom. The van der Waals surface area contributed by atoms with Gasteiger partial charge in [-0.3, -0.25) is 19.7 Å². The SMILES string of the molecule is O=C(CCc1cnccn1)N1CC2(CCN(C/C=C/c3ccc(Cl)c(Cl)c3)CC2)c2c1ccc1scnc21. The standard InChI is InChI=1S/C29H27Cl2N5OS/c30-22-5-3-20(16-23(22)31)2-1-13-35-14-9-29(10-15-35)18-36(26(37)8-4-21-17-32-11-12-33-21)24-6-7-25-28(27(24)29)34-19-38-25/h1-3,5-7,11-12,16-17,19H,4,8-10,13-15,18H2/b2-1+. The number of carbonyl (C=O) groups excluding carboxylic acids is 1. The molecule has 2 aromatic carbocycles. The van der Waals surface area contributed by atoms with E-state index in [0.717, 1.165) is 54.9 Å². The first-order chi connectivity index (χ1) is 18.5. The van der Waals surface area contributed by atoms with Crippen molar-refractivity contribution in [3.8, 4) is 0 Å². The molecule has 0 radical (unpaired) electrons. The number of amides is 1. The molecule has 2 aliphatic rings. The van der Waals surface area contributed by atoms with Crippen LogP contribution in [0, 0.1) is 0 Å². The van der Waals surface area contributed by atoms with Gasteiger partial charge in [-0.05, 0) is 62.2 Å². The minimum absolute atomic E-state index is 0.0744. The summed E-state index contributed by atoms with van der Waals surface area (Å²) in [4.78, 5) is 31.2. The molecule has 1 spiro atoms. The maximum Gasteiger partial charge on any atom is 0.227 e. The lowest BCUT2D eigenvalue weighted by atomic mass is 9.74. The third-order valence-electron chi connectivity index (χ3n) is 7.71. The summed E-state index contributed by atoms with van der Waals surface area (Å²) in [6.07, 6.45) is 12.3. The maximum atomic E-state index is 13.5. The Bertz CT molecular complexity index is 1500. The fourth-order valence-electron chi connectivity index (χ4n) is 5.71. The summed E-state index contributed by atoms with van der Waals surface area (Å²) in [5.41, 5.74) is 7.07. The third kappa shape index (κ3) is 4.96. The summed E-state index contributed by atoms with van der Waals surface area (Å²) in [5.74, 6) is 0.135. The Balaban J connectivity index is 1.18. The number of aryl methyl sites for hydroxylation is 1. The molecule has 2 aromatic heterocycles. The Labute approximate surface area is 235 Å². The highest BCUT2D eigenvalue weighted by atomic mass is 35.5. The maximum absolute atomic E-state index is 13.5. The lowest BCUT2D eigenvalue weighted by molar-refractivity contribution is -0.118. The zero-order chi connectivity index (χ0) is 26.1. The van der Waals surface area contributed by atoms with E-state index in [4.69, 9.17) is 28.2 Å². The van der Waals surface area contributed by atoms with E-state index in [2.05, 4.69) is 39.2 Å². The summed E-state index contributed by atoms with van der Waals surface area (Å²) < 4.78 is 1.18. The average molecular weight is 565 g/mol. The number of benzene rings is 2. The number of carbonyl (C=O) groups is 1. The number of anilines is 1. The van der Waals surface area contributed by atoms with Gasteiger partial charge >= 0.3 is 0 Å². The summed E-state index contributed by atoms with van der Waals surface area (Å²) in [7, 11) is 0. The van der Waals surface area contributed by atoms with Crippen molar-refractivity contribution in [1.82, 2.24) is 19.9 Å². The average Bonchev–Trinajstić information content (AvgIpc) is 3.54. The Morgan fingerprint density at radius 1 is 1.08 bits per heavy atom. The Hall–Kier alpha value is -2.84. The van der Waals surface area contributed by atoms with Crippen molar-refractivity contribution >= 4 is 62.4 Å². The van der Waals surface area contributed by atoms with Crippen molar-refractivity contribution in [3.63, 3.8) is 0 Å². The summed E-state index contributed by atoms with van der Waals surface area (Å²) in [5, 5.41) is 1.13. The van der Waals surface area contributed by atoms with Crippen LogP contribution in [-0.2, 0) is 16.6 Å². The van der Waals surface area contributed by atoms with Gasteiger partial charge < -0.3 is 4.90 Å². The lowest BCUT2D eigenvalue weighted by Crippen LogP contribution is -2.46. The highest BCUT2D eigenvalue weighted by Crippen LogP contribution is 2.50. The van der Waals surface area contributed by atoms with Gasteiger partial charge in [-0.2, -0.15) is 0 Å². The zero-order valence-electron chi connectivity index (χ0n) is 20.8. The van der Waals surface area contributed by atoms with E-state index in [1.807, 2.05) is 28.6 Å². The third-order valence-corrected chi connectivity index (χ3v) is 9.24. The number of halogens is 2. The molecule has 2 aliphatic heterocycles. The number of hydrogen-bond acceptors (Lipinski definition) is 6. The zero-order valence-corrected chi connectivity index (χ0v) is 23.1. The van der Waals surface area contributed by atoms with Gasteiger partial charge in [-0.15, -0.1) is 11.3 Å². The monoisotopic (exact) mass is 563 g/mol. The van der Waals surface area contributed by atoms with Crippen LogP contribution < -0.4 is 4.90 Å². The van der Waals surface area contributed by atoms with E-state index in [1.165, 1.54) is 10.3 Å². The Kier molecular flexibility index (Phi) is 7.18. The van der Waals surface area contributed by atoms with Gasteiger partial charge in [0, 0.05) is 54.8 Å². The number of hydrogen-bond donors (Lipinski definition) is 0. The summed E-state index contributed by atoms with van der Waals surface area (Å²) in [6.45, 7) is 3.51. The van der Waals surface area contributed by atoms with Crippen molar-refractivity contribution in [2.75, 3.05) is 31.1 Å². The number of thiazole rings is 1. The van der Waals surface area contributed by atoms with Crippen molar-refractivity contribution < 1.29 is 4.79 Å². The molecule has 1 fully saturated rings. The van der Waals surface area contributed by atoms with Crippen LogP contribution in [0.1, 0.15) is 36.1 Å². The number of piperidine rings is 1. The van der Waals surface area contributed by atoms with Crippen LogP contribution in [0.3, 0.4) is 0 Å². The van der Waals surface area contributed by atoms with Crippen LogP contribution in [0.4, 0.5) is 5.69 Å². The lowest BCUT2D eigenvalue weighted by Gasteiger charge is -2.39. The van der Waals surface area contributed by atoms with Gasteiger partial charge in [0.05, 0.1) is 31.5 Å². The molecule has 0 saturated carbocycles. The Morgan fingerprint density at radius 2 is 1.95 bits per heavy atom. The van der Waals surface area contributed by atoms with Crippen LogP contribution in [0.25, 0.3) is 16.3 Å². The number of fused-ring (bicyclic) bond motifs is 4. The van der Waals surface area contributed by atoms with Crippen molar-refractivity contribution in [3.05, 3.63) is 87.4 Å². The molecular weight excluding hydrogens is 537 g/mol. The van der Waals surface area contributed by atoms with E-state index in [9.17, 15) is 4.79 Å². The van der Waals surface area contributed by atoms with Crippen molar-refractivity contribution in [1.29, 1.82) is 0 Å². The molecule has 38 heavy (non-hydrogen) atoms. The van der Waals surface area contributed by atoms with Crippen LogP contribution >= 0.6 is 34.5 Å². The van der Waals surface area contributed by atoms with Crippen LogP contribution in [0.5, 0.6) is 0 Å². The van der Waals surface area contributed by atoms with E-state index in [1.54, 1.807) is 29.9 Å². The van der Waals surface area contributed by atoms with E-state index in [0.29, 0.717) is 29.4 Å². The summed E-state index contributed by atoms with van der Waals surface area (Å²) >= 11 is 13.9. The normalized spacial score (nSPS) is 17.1. The molecule has 6 rings (SSSR count). The van der Waals surface area contributed by atoms with Crippen LogP contribution in [-0.4, -0.2) is 51.9 Å². The second kappa shape index (κ2) is 10.7. The first kappa shape index (κ1) is 25.4. The highest BCUT2D eigenvalue weighted by Gasteiger charge is 2.47. The molecule has 194 valence electrons. The molecule has 4 heterocycles. The number of aromatic nitrogens is 3. The van der Waals surface area contributed by atoms with Gasteiger partial charge in [-0.1, -0.05) is 41.4 Å². The quantitative estimate of drug-likeness (QED) is 0.271. The van der Waals surface area contributed by atoms with Gasteiger partial charge in [0.15, 0.2) is 0 Å². The van der Waals surface area contributed by atoms with Gasteiger partial charge in [0.2, 0.25) is 5.91 Å². The topological polar surface area (TPSA) is 62.2 Å². The van der Waals surface area contributed by atoms with Crippen molar-refractivity contribution in [2.24, 2.45) is 0 Å². The number of nitrogens with zero attached hydrogens (tertiary/aromatic N) is 5. The molecular formula is C29H27Cl2N5OS. The molecule has 0 unspecified atom stereocenters. The molecule has 0 bridgehead atoms. The molecule has 0 N–H and O–H groups in total. The molecule has 1 saturated heterocycles.